The van der Waals surface area contributed by atoms with Gasteiger partial charge in [-0.15, -0.1) is 11.8 Å². The summed E-state index contributed by atoms with van der Waals surface area (Å²) in [6.07, 6.45) is 0. The molecule has 0 bridgehead atoms. The standard InChI is InChI=1S/C22H17N3O3S2/c26-25(27)16-13-18-20(19(14-16)30-17-9-5-2-6-10-17)21(22-28-11-12-29-22)23-24(18)15-7-3-1-4-8-15/h1-10,13-14,22H,11-12H2/t22-/m0/s1. The summed E-state index contributed by atoms with van der Waals surface area (Å²) in [5, 5.41) is 17.5. The number of hydrogen-bond donors (Lipinski definition) is 0. The molecule has 2 heterocycles. The van der Waals surface area contributed by atoms with Gasteiger partial charge in [0, 0.05) is 33.1 Å². The van der Waals surface area contributed by atoms with Crippen LogP contribution in [0.25, 0.3) is 16.6 Å². The van der Waals surface area contributed by atoms with Crippen molar-refractivity contribution >= 4 is 40.1 Å². The second-order valence-corrected chi connectivity index (χ2v) is 9.00. The number of fused-ring (bicyclic) bond motifs is 1. The molecule has 0 saturated carbocycles. The van der Waals surface area contributed by atoms with Gasteiger partial charge in [0.05, 0.1) is 22.7 Å². The van der Waals surface area contributed by atoms with E-state index in [0.29, 0.717) is 12.1 Å². The average molecular weight is 436 g/mol. The van der Waals surface area contributed by atoms with Crippen LogP contribution >= 0.6 is 23.5 Å². The Bertz CT molecular complexity index is 1210. The highest BCUT2D eigenvalue weighted by Crippen LogP contribution is 2.44. The first-order chi connectivity index (χ1) is 14.7. The average Bonchev–Trinajstić information content (AvgIpc) is 3.43. The lowest BCUT2D eigenvalue weighted by atomic mass is 10.2. The van der Waals surface area contributed by atoms with E-state index in [4.69, 9.17) is 9.84 Å². The minimum atomic E-state index is -0.350. The van der Waals surface area contributed by atoms with Gasteiger partial charge in [-0.3, -0.25) is 10.1 Å². The zero-order valence-corrected chi connectivity index (χ0v) is 17.4. The van der Waals surface area contributed by atoms with Gasteiger partial charge < -0.3 is 4.74 Å². The number of rotatable bonds is 5. The summed E-state index contributed by atoms with van der Waals surface area (Å²) in [5.41, 5.74) is 2.23. The van der Waals surface area contributed by atoms with E-state index in [1.807, 2.05) is 60.7 Å². The molecule has 1 aliphatic heterocycles. The van der Waals surface area contributed by atoms with Crippen LogP contribution < -0.4 is 0 Å². The Labute approximate surface area is 181 Å². The quantitative estimate of drug-likeness (QED) is 0.289. The molecule has 0 radical (unpaired) electrons. The molecule has 1 atom stereocenters. The summed E-state index contributed by atoms with van der Waals surface area (Å²) < 4.78 is 7.71. The maximum absolute atomic E-state index is 11.7. The maximum atomic E-state index is 11.7. The van der Waals surface area contributed by atoms with Gasteiger partial charge in [-0.2, -0.15) is 5.10 Å². The molecule has 0 unspecified atom stereocenters. The van der Waals surface area contributed by atoms with Gasteiger partial charge in [-0.25, -0.2) is 4.68 Å². The summed E-state index contributed by atoms with van der Waals surface area (Å²) in [6, 6.07) is 22.8. The lowest BCUT2D eigenvalue weighted by Gasteiger charge is -2.09. The number of nitro benzene ring substituents is 1. The van der Waals surface area contributed by atoms with Crippen LogP contribution in [0.15, 0.2) is 82.6 Å². The van der Waals surface area contributed by atoms with Gasteiger partial charge in [-0.1, -0.05) is 48.2 Å². The van der Waals surface area contributed by atoms with E-state index in [1.165, 1.54) is 11.8 Å². The molecule has 8 heteroatoms. The predicted molar refractivity (Wildman–Crippen MR) is 119 cm³/mol. The molecule has 1 saturated heterocycles. The minimum absolute atomic E-state index is 0.0459. The molecule has 5 rings (SSSR count). The Hall–Kier alpha value is -2.81. The van der Waals surface area contributed by atoms with Gasteiger partial charge in [-0.05, 0) is 24.3 Å². The number of nitro groups is 1. The molecule has 4 aromatic rings. The first kappa shape index (κ1) is 19.2. The van der Waals surface area contributed by atoms with E-state index in [0.717, 1.165) is 32.3 Å². The number of nitrogens with zero attached hydrogens (tertiary/aromatic N) is 3. The zero-order chi connectivity index (χ0) is 20.5. The second-order valence-electron chi connectivity index (χ2n) is 6.72. The van der Waals surface area contributed by atoms with Crippen molar-refractivity contribution in [1.82, 2.24) is 9.78 Å². The number of benzene rings is 3. The second kappa shape index (κ2) is 8.14. The van der Waals surface area contributed by atoms with Crippen molar-refractivity contribution in [2.75, 3.05) is 12.4 Å². The summed E-state index contributed by atoms with van der Waals surface area (Å²) in [6.45, 7) is 0.670. The summed E-state index contributed by atoms with van der Waals surface area (Å²) in [5.74, 6) is 0.901. The van der Waals surface area contributed by atoms with Crippen LogP contribution in [0.1, 0.15) is 11.1 Å². The van der Waals surface area contributed by atoms with Crippen molar-refractivity contribution in [3.63, 3.8) is 0 Å². The van der Waals surface area contributed by atoms with Crippen molar-refractivity contribution < 1.29 is 9.66 Å². The van der Waals surface area contributed by atoms with Gasteiger partial charge in [0.1, 0.15) is 11.1 Å². The Balaban J connectivity index is 1.78. The number of ether oxygens (including phenoxy) is 1. The lowest BCUT2D eigenvalue weighted by molar-refractivity contribution is -0.384. The molecule has 0 aliphatic carbocycles. The van der Waals surface area contributed by atoms with E-state index in [1.54, 1.807) is 28.6 Å². The fraction of sp³-hybridized carbons (Fsp3) is 0.136. The van der Waals surface area contributed by atoms with Crippen LogP contribution in [0.3, 0.4) is 0 Å². The van der Waals surface area contributed by atoms with Crippen molar-refractivity contribution in [1.29, 1.82) is 0 Å². The molecular weight excluding hydrogens is 418 g/mol. The first-order valence-electron chi connectivity index (χ1n) is 9.43. The molecule has 0 N–H and O–H groups in total. The van der Waals surface area contributed by atoms with E-state index in [2.05, 4.69) is 0 Å². The van der Waals surface area contributed by atoms with E-state index in [9.17, 15) is 10.1 Å². The number of thioether (sulfide) groups is 1. The highest BCUT2D eigenvalue weighted by Gasteiger charge is 2.28. The fourth-order valence-corrected chi connectivity index (χ4v) is 5.43. The molecule has 1 aliphatic rings. The molecule has 3 aromatic carbocycles. The zero-order valence-electron chi connectivity index (χ0n) is 15.8. The lowest BCUT2D eigenvalue weighted by Crippen LogP contribution is -1.99. The topological polar surface area (TPSA) is 70.2 Å². The molecule has 1 fully saturated rings. The van der Waals surface area contributed by atoms with Crippen LogP contribution in [0.2, 0.25) is 0 Å². The van der Waals surface area contributed by atoms with E-state index < -0.39 is 0 Å². The summed E-state index contributed by atoms with van der Waals surface area (Å²) in [7, 11) is 0. The Morgan fingerprint density at radius 1 is 1.10 bits per heavy atom. The third-order valence-corrected chi connectivity index (χ3v) is 6.90. The smallest absolute Gasteiger partial charge is 0.272 e. The highest BCUT2D eigenvalue weighted by atomic mass is 32.2. The van der Waals surface area contributed by atoms with Crippen LogP contribution in [-0.2, 0) is 4.74 Å². The number of para-hydroxylation sites is 1. The first-order valence-corrected chi connectivity index (χ1v) is 11.3. The third-order valence-electron chi connectivity index (χ3n) is 4.79. The van der Waals surface area contributed by atoms with Crippen LogP contribution in [0.4, 0.5) is 5.69 Å². The maximum Gasteiger partial charge on any atom is 0.272 e. The molecular formula is C22H17N3O3S2. The summed E-state index contributed by atoms with van der Waals surface area (Å²) in [4.78, 5) is 13.2. The van der Waals surface area contributed by atoms with Gasteiger partial charge in [0.25, 0.3) is 5.69 Å². The predicted octanol–water partition coefficient (Wildman–Crippen LogP) is 5.85. The Morgan fingerprint density at radius 3 is 2.50 bits per heavy atom. The van der Waals surface area contributed by atoms with Crippen LogP contribution in [0.5, 0.6) is 0 Å². The fourth-order valence-electron chi connectivity index (χ4n) is 3.47. The van der Waals surface area contributed by atoms with Crippen molar-refractivity contribution in [2.45, 2.75) is 15.2 Å². The van der Waals surface area contributed by atoms with E-state index >= 15 is 0 Å². The minimum Gasteiger partial charge on any atom is -0.360 e. The molecule has 0 amide bonds. The SMILES string of the molecule is O=[N+]([O-])c1cc(Sc2ccccc2)c2c([C@H]3OCCS3)nn(-c3ccccc3)c2c1. The van der Waals surface area contributed by atoms with Crippen molar-refractivity contribution in [2.24, 2.45) is 0 Å². The van der Waals surface area contributed by atoms with Gasteiger partial charge >= 0.3 is 0 Å². The molecule has 0 spiro atoms. The largest absolute Gasteiger partial charge is 0.360 e. The number of aromatic nitrogens is 2. The van der Waals surface area contributed by atoms with Crippen molar-refractivity contribution in [3.05, 3.63) is 88.6 Å². The van der Waals surface area contributed by atoms with Crippen molar-refractivity contribution in [3.8, 4) is 5.69 Å². The van der Waals surface area contributed by atoms with Gasteiger partial charge in [0.2, 0.25) is 0 Å². The Morgan fingerprint density at radius 2 is 1.83 bits per heavy atom. The third kappa shape index (κ3) is 3.58. The summed E-state index contributed by atoms with van der Waals surface area (Å²) >= 11 is 3.21. The van der Waals surface area contributed by atoms with Crippen LogP contribution in [-0.4, -0.2) is 27.1 Å². The Kier molecular flexibility index (Phi) is 5.20. The van der Waals surface area contributed by atoms with Crippen LogP contribution in [0, 0.1) is 10.1 Å². The monoisotopic (exact) mass is 435 g/mol. The number of non-ortho nitro benzene ring substituents is 1. The highest BCUT2D eigenvalue weighted by molar-refractivity contribution is 8.00. The molecule has 1 aromatic heterocycles. The molecule has 150 valence electrons. The van der Waals surface area contributed by atoms with Gasteiger partial charge in [0.15, 0.2) is 0 Å². The molecule has 6 nitrogen and oxygen atoms in total. The molecule has 30 heavy (non-hydrogen) atoms. The van der Waals surface area contributed by atoms with E-state index in [-0.39, 0.29) is 16.0 Å². The number of hydrogen-bond acceptors (Lipinski definition) is 6. The normalized spacial score (nSPS) is 16.2.